The number of nitrogens with one attached hydrogen (secondary N) is 1. The summed E-state index contributed by atoms with van der Waals surface area (Å²) >= 11 is 8.93. The van der Waals surface area contributed by atoms with Crippen molar-refractivity contribution in [3.8, 4) is 5.75 Å². The SMILES string of the molecule is COC(=O)c1c(NC(=O)CSc2nnc(C(C)Oc3ccccc3Cl)n2C)sc2c1CCCCC2. The maximum absolute atomic E-state index is 12.8. The molecular formula is C24H27ClN4O4S2. The van der Waals surface area contributed by atoms with Crippen molar-refractivity contribution in [3.63, 3.8) is 0 Å². The van der Waals surface area contributed by atoms with Crippen LogP contribution in [0.5, 0.6) is 5.75 Å². The van der Waals surface area contributed by atoms with Crippen LogP contribution in [0.1, 0.15) is 58.9 Å². The molecule has 2 heterocycles. The van der Waals surface area contributed by atoms with Crippen LogP contribution >= 0.6 is 34.7 Å². The van der Waals surface area contributed by atoms with Crippen LogP contribution in [-0.2, 0) is 29.4 Å². The van der Waals surface area contributed by atoms with Gasteiger partial charge in [0.2, 0.25) is 5.91 Å². The van der Waals surface area contributed by atoms with E-state index in [1.807, 2.05) is 26.1 Å². The number of hydrogen-bond acceptors (Lipinski definition) is 8. The summed E-state index contributed by atoms with van der Waals surface area (Å²) in [6, 6.07) is 7.24. The van der Waals surface area contributed by atoms with Crippen LogP contribution < -0.4 is 10.1 Å². The number of carbonyl (C=O) groups excluding carboxylic acids is 2. The predicted octanol–water partition coefficient (Wildman–Crippen LogP) is 5.46. The predicted molar refractivity (Wildman–Crippen MR) is 138 cm³/mol. The number of nitrogens with zero attached hydrogens (tertiary/aromatic N) is 3. The molecule has 3 aromatic rings. The van der Waals surface area contributed by atoms with Gasteiger partial charge < -0.3 is 19.4 Å². The highest BCUT2D eigenvalue weighted by molar-refractivity contribution is 7.99. The highest BCUT2D eigenvalue weighted by atomic mass is 35.5. The molecule has 0 saturated carbocycles. The number of esters is 1. The second-order valence-electron chi connectivity index (χ2n) is 8.19. The van der Waals surface area contributed by atoms with Crippen LogP contribution in [0.4, 0.5) is 5.00 Å². The lowest BCUT2D eigenvalue weighted by molar-refractivity contribution is -0.113. The van der Waals surface area contributed by atoms with Gasteiger partial charge in [-0.25, -0.2) is 4.79 Å². The van der Waals surface area contributed by atoms with E-state index in [4.69, 9.17) is 21.1 Å². The van der Waals surface area contributed by atoms with Crippen LogP contribution in [0, 0.1) is 0 Å². The molecule has 1 amide bonds. The summed E-state index contributed by atoms with van der Waals surface area (Å²) in [6.07, 6.45) is 4.62. The Morgan fingerprint density at radius 2 is 2.00 bits per heavy atom. The lowest BCUT2D eigenvalue weighted by atomic mass is 10.1. The first-order valence-corrected chi connectivity index (χ1v) is 13.5. The summed E-state index contributed by atoms with van der Waals surface area (Å²) in [5, 5.41) is 13.0. The first-order chi connectivity index (χ1) is 16.9. The molecule has 1 atom stereocenters. The zero-order valence-electron chi connectivity index (χ0n) is 19.8. The summed E-state index contributed by atoms with van der Waals surface area (Å²) in [7, 11) is 3.19. The third-order valence-electron chi connectivity index (χ3n) is 5.77. The molecule has 0 spiro atoms. The van der Waals surface area contributed by atoms with Gasteiger partial charge in [-0.2, -0.15) is 0 Å². The molecular weight excluding hydrogens is 508 g/mol. The van der Waals surface area contributed by atoms with Gasteiger partial charge in [-0.05, 0) is 50.3 Å². The molecule has 1 aliphatic carbocycles. The fourth-order valence-corrected chi connectivity index (χ4v) is 6.22. The van der Waals surface area contributed by atoms with Crippen molar-refractivity contribution in [3.05, 3.63) is 51.1 Å². The number of aromatic nitrogens is 3. The zero-order valence-corrected chi connectivity index (χ0v) is 22.2. The largest absolute Gasteiger partial charge is 0.481 e. The van der Waals surface area contributed by atoms with Crippen molar-refractivity contribution in [2.24, 2.45) is 7.05 Å². The van der Waals surface area contributed by atoms with E-state index in [0.717, 1.165) is 42.5 Å². The number of fused-ring (bicyclic) bond motifs is 1. The van der Waals surface area contributed by atoms with Crippen molar-refractivity contribution in [2.75, 3.05) is 18.2 Å². The Morgan fingerprint density at radius 3 is 2.77 bits per heavy atom. The van der Waals surface area contributed by atoms with Gasteiger partial charge in [0, 0.05) is 11.9 Å². The van der Waals surface area contributed by atoms with E-state index in [2.05, 4.69) is 15.5 Å². The minimum atomic E-state index is -0.405. The Balaban J connectivity index is 1.41. The molecule has 0 radical (unpaired) electrons. The average molecular weight is 535 g/mol. The first kappa shape index (κ1) is 25.5. The van der Waals surface area contributed by atoms with Gasteiger partial charge in [-0.3, -0.25) is 4.79 Å². The maximum Gasteiger partial charge on any atom is 0.341 e. The number of methoxy groups -OCH3 is 1. The number of carbonyl (C=O) groups is 2. The molecule has 0 bridgehead atoms. The van der Waals surface area contributed by atoms with Crippen molar-refractivity contribution < 1.29 is 19.1 Å². The lowest BCUT2D eigenvalue weighted by Crippen LogP contribution is -2.17. The second-order valence-corrected chi connectivity index (χ2v) is 10.6. The number of amides is 1. The molecule has 2 aromatic heterocycles. The Hall–Kier alpha value is -2.56. The van der Waals surface area contributed by atoms with E-state index in [9.17, 15) is 9.59 Å². The second kappa shape index (κ2) is 11.5. The Bertz CT molecular complexity index is 1230. The minimum absolute atomic E-state index is 0.120. The van der Waals surface area contributed by atoms with Crippen molar-refractivity contribution in [1.82, 2.24) is 14.8 Å². The summed E-state index contributed by atoms with van der Waals surface area (Å²) < 4.78 is 12.8. The number of para-hydroxylation sites is 1. The lowest BCUT2D eigenvalue weighted by Gasteiger charge is -2.15. The van der Waals surface area contributed by atoms with E-state index in [1.54, 1.807) is 16.7 Å². The van der Waals surface area contributed by atoms with E-state index < -0.39 is 5.97 Å². The number of aryl methyl sites for hydroxylation is 1. The Labute approximate surface area is 217 Å². The molecule has 4 rings (SSSR count). The van der Waals surface area contributed by atoms with E-state index in [-0.39, 0.29) is 17.8 Å². The highest BCUT2D eigenvalue weighted by Crippen LogP contribution is 2.38. The zero-order chi connectivity index (χ0) is 24.9. The van der Waals surface area contributed by atoms with Gasteiger partial charge in [0.15, 0.2) is 17.1 Å². The van der Waals surface area contributed by atoms with Gasteiger partial charge in [0.1, 0.15) is 10.8 Å². The summed E-state index contributed by atoms with van der Waals surface area (Å²) in [4.78, 5) is 26.4. The third kappa shape index (κ3) is 5.82. The quantitative estimate of drug-likeness (QED) is 0.233. The van der Waals surface area contributed by atoms with Gasteiger partial charge >= 0.3 is 5.97 Å². The topological polar surface area (TPSA) is 95.3 Å². The number of rotatable bonds is 8. The molecule has 35 heavy (non-hydrogen) atoms. The number of anilines is 1. The Kier molecular flexibility index (Phi) is 8.35. The average Bonchev–Trinajstić information content (AvgIpc) is 3.29. The fourth-order valence-electron chi connectivity index (χ4n) is 4.03. The first-order valence-electron chi connectivity index (χ1n) is 11.3. The fraction of sp³-hybridized carbons (Fsp3) is 0.417. The van der Waals surface area contributed by atoms with E-state index in [1.165, 1.54) is 30.2 Å². The summed E-state index contributed by atoms with van der Waals surface area (Å²) in [5.74, 6) is 0.672. The molecule has 186 valence electrons. The molecule has 0 fully saturated rings. The summed E-state index contributed by atoms with van der Waals surface area (Å²) in [5.41, 5.74) is 1.52. The number of thioether (sulfide) groups is 1. The molecule has 1 N–H and O–H groups in total. The van der Waals surface area contributed by atoms with Crippen LogP contribution in [0.15, 0.2) is 29.4 Å². The van der Waals surface area contributed by atoms with Crippen LogP contribution in [0.3, 0.4) is 0 Å². The van der Waals surface area contributed by atoms with Crippen LogP contribution in [0.25, 0.3) is 0 Å². The number of benzene rings is 1. The van der Waals surface area contributed by atoms with Crippen molar-refractivity contribution in [1.29, 1.82) is 0 Å². The standard InChI is InChI=1S/C24H27ClN4O4S2/c1-14(33-17-11-8-7-10-16(17)25)21-27-28-24(29(21)2)34-13-19(30)26-22-20(23(31)32-3)15-9-5-4-6-12-18(15)35-22/h7-8,10-11,14H,4-6,9,12-13H2,1-3H3,(H,26,30). The molecule has 0 aliphatic heterocycles. The van der Waals surface area contributed by atoms with Crippen LogP contribution in [0.2, 0.25) is 5.02 Å². The van der Waals surface area contributed by atoms with Gasteiger partial charge in [0.05, 0.1) is 23.4 Å². The van der Waals surface area contributed by atoms with E-state index in [0.29, 0.717) is 32.3 Å². The molecule has 1 unspecified atom stereocenters. The van der Waals surface area contributed by atoms with Gasteiger partial charge in [-0.1, -0.05) is 41.9 Å². The molecule has 1 aromatic carbocycles. The maximum atomic E-state index is 12.8. The number of thiophene rings is 1. The van der Waals surface area contributed by atoms with Crippen molar-refractivity contribution in [2.45, 2.75) is 50.3 Å². The monoisotopic (exact) mass is 534 g/mol. The summed E-state index contributed by atoms with van der Waals surface area (Å²) in [6.45, 7) is 1.86. The highest BCUT2D eigenvalue weighted by Gasteiger charge is 2.26. The molecule has 11 heteroatoms. The molecule has 8 nitrogen and oxygen atoms in total. The van der Waals surface area contributed by atoms with Crippen LogP contribution in [-0.4, -0.2) is 39.5 Å². The minimum Gasteiger partial charge on any atom is -0.481 e. The normalized spacial score (nSPS) is 14.1. The number of hydrogen-bond donors (Lipinski definition) is 1. The van der Waals surface area contributed by atoms with E-state index >= 15 is 0 Å². The molecule has 0 saturated heterocycles. The smallest absolute Gasteiger partial charge is 0.341 e. The Morgan fingerprint density at radius 1 is 1.23 bits per heavy atom. The van der Waals surface area contributed by atoms with Gasteiger partial charge in [-0.15, -0.1) is 21.5 Å². The number of halogens is 1. The van der Waals surface area contributed by atoms with Crippen molar-refractivity contribution >= 4 is 51.6 Å². The molecule has 1 aliphatic rings. The van der Waals surface area contributed by atoms with Gasteiger partial charge in [0.25, 0.3) is 0 Å². The third-order valence-corrected chi connectivity index (χ3v) is 8.31. The number of ether oxygens (including phenoxy) is 2.